The molecule has 2 aromatic rings. The van der Waals surface area contributed by atoms with Crippen molar-refractivity contribution in [2.24, 2.45) is 0 Å². The van der Waals surface area contributed by atoms with Gasteiger partial charge in [0, 0.05) is 25.1 Å². The van der Waals surface area contributed by atoms with Gasteiger partial charge < -0.3 is 0 Å². The maximum atomic E-state index is 12.1. The minimum Gasteiger partial charge on any atom is -0.297 e. The van der Waals surface area contributed by atoms with Crippen LogP contribution in [0.2, 0.25) is 0 Å². The van der Waals surface area contributed by atoms with Crippen LogP contribution in [0.1, 0.15) is 5.82 Å². The molecule has 0 saturated carbocycles. The lowest BCUT2D eigenvalue weighted by atomic mass is 10.3. The predicted molar refractivity (Wildman–Crippen MR) is 62.6 cm³/mol. The van der Waals surface area contributed by atoms with Crippen LogP contribution in [0.15, 0.2) is 42.7 Å². The van der Waals surface area contributed by atoms with Gasteiger partial charge in [-0.25, -0.2) is 9.78 Å². The van der Waals surface area contributed by atoms with Gasteiger partial charge in [0.25, 0.3) is 0 Å². The molecule has 1 aromatic heterocycles. The molecule has 0 atom stereocenters. The number of imidazole rings is 1. The average Bonchev–Trinajstić information content (AvgIpc) is 2.75. The molecule has 1 aromatic carbocycles. The number of amides is 1. The van der Waals surface area contributed by atoms with E-state index in [1.54, 1.807) is 31.3 Å². The highest BCUT2D eigenvalue weighted by Crippen LogP contribution is 2.12. The number of para-hydroxylation sites is 1. The van der Waals surface area contributed by atoms with E-state index >= 15 is 0 Å². The lowest BCUT2D eigenvalue weighted by Gasteiger charge is -2.17. The first kappa shape index (κ1) is 10.4. The molecule has 16 heavy (non-hydrogen) atoms. The van der Waals surface area contributed by atoms with Crippen LogP contribution in [0.5, 0.6) is 0 Å². The lowest BCUT2D eigenvalue weighted by molar-refractivity contribution is 0.248. The first-order valence-electron chi connectivity index (χ1n) is 5.03. The second-order valence-electron chi connectivity index (χ2n) is 3.52. The zero-order valence-corrected chi connectivity index (χ0v) is 9.29. The molecule has 4 nitrogen and oxygen atoms in total. The van der Waals surface area contributed by atoms with Crippen molar-refractivity contribution in [3.63, 3.8) is 0 Å². The third-order valence-corrected chi connectivity index (χ3v) is 2.46. The SMILES string of the molecule is Cc1nccn1C(=O)N(C)c1ccccc1. The van der Waals surface area contributed by atoms with E-state index < -0.39 is 0 Å². The summed E-state index contributed by atoms with van der Waals surface area (Å²) in [6, 6.07) is 9.40. The van der Waals surface area contributed by atoms with Crippen molar-refractivity contribution in [1.82, 2.24) is 9.55 Å². The number of aromatic nitrogens is 2. The van der Waals surface area contributed by atoms with Crippen molar-refractivity contribution >= 4 is 11.7 Å². The normalized spacial score (nSPS) is 10.1. The largest absolute Gasteiger partial charge is 0.333 e. The Morgan fingerprint density at radius 2 is 2.00 bits per heavy atom. The molecule has 0 unspecified atom stereocenters. The maximum absolute atomic E-state index is 12.1. The Hall–Kier alpha value is -2.10. The molecule has 0 saturated heterocycles. The van der Waals surface area contributed by atoms with E-state index in [0.717, 1.165) is 5.69 Å². The van der Waals surface area contributed by atoms with Crippen molar-refractivity contribution < 1.29 is 4.79 Å². The fraction of sp³-hybridized carbons (Fsp3) is 0.167. The van der Waals surface area contributed by atoms with Gasteiger partial charge in [-0.3, -0.25) is 9.47 Å². The van der Waals surface area contributed by atoms with Gasteiger partial charge in [-0.05, 0) is 19.1 Å². The molecule has 2 rings (SSSR count). The fourth-order valence-electron chi connectivity index (χ4n) is 1.50. The standard InChI is InChI=1S/C12H13N3O/c1-10-13-8-9-15(10)12(16)14(2)11-6-4-3-5-7-11/h3-9H,1-2H3. The van der Waals surface area contributed by atoms with Gasteiger partial charge in [0.05, 0.1) is 0 Å². The molecule has 0 spiro atoms. The molecule has 4 heteroatoms. The smallest absolute Gasteiger partial charge is 0.297 e. The van der Waals surface area contributed by atoms with Crippen LogP contribution in [-0.2, 0) is 0 Å². The van der Waals surface area contributed by atoms with Crippen LogP contribution < -0.4 is 4.90 Å². The Balaban J connectivity index is 2.27. The van der Waals surface area contributed by atoms with Crippen LogP contribution >= 0.6 is 0 Å². The molecule has 0 bridgehead atoms. The number of carbonyl (C=O) groups excluding carboxylic acids is 1. The summed E-state index contributed by atoms with van der Waals surface area (Å²) in [6.45, 7) is 1.80. The quantitative estimate of drug-likeness (QED) is 0.732. The van der Waals surface area contributed by atoms with E-state index in [2.05, 4.69) is 4.98 Å². The van der Waals surface area contributed by atoms with E-state index in [4.69, 9.17) is 0 Å². The topological polar surface area (TPSA) is 38.1 Å². The molecule has 0 aliphatic rings. The lowest BCUT2D eigenvalue weighted by Crippen LogP contribution is -2.31. The van der Waals surface area contributed by atoms with Crippen molar-refractivity contribution in [2.75, 3.05) is 11.9 Å². The zero-order chi connectivity index (χ0) is 11.5. The Morgan fingerprint density at radius 3 is 2.56 bits per heavy atom. The van der Waals surface area contributed by atoms with E-state index in [0.29, 0.717) is 5.82 Å². The Labute approximate surface area is 94.1 Å². The molecular weight excluding hydrogens is 202 g/mol. The Kier molecular flexibility index (Phi) is 2.72. The summed E-state index contributed by atoms with van der Waals surface area (Å²) in [7, 11) is 1.75. The summed E-state index contributed by atoms with van der Waals surface area (Å²) in [5.74, 6) is 0.688. The highest BCUT2D eigenvalue weighted by Gasteiger charge is 2.13. The molecule has 82 valence electrons. The summed E-state index contributed by atoms with van der Waals surface area (Å²) in [6.07, 6.45) is 3.28. The number of aryl methyl sites for hydroxylation is 1. The first-order chi connectivity index (χ1) is 7.70. The fourth-order valence-corrected chi connectivity index (χ4v) is 1.50. The number of rotatable bonds is 1. The van der Waals surface area contributed by atoms with Gasteiger partial charge in [-0.2, -0.15) is 0 Å². The summed E-state index contributed by atoms with van der Waals surface area (Å²) in [4.78, 5) is 17.7. The van der Waals surface area contributed by atoms with Crippen LogP contribution in [-0.4, -0.2) is 22.6 Å². The van der Waals surface area contributed by atoms with E-state index in [1.165, 1.54) is 4.57 Å². The van der Waals surface area contributed by atoms with Gasteiger partial charge in [0.1, 0.15) is 5.82 Å². The van der Waals surface area contributed by atoms with Crippen molar-refractivity contribution in [3.8, 4) is 0 Å². The summed E-state index contributed by atoms with van der Waals surface area (Å²) >= 11 is 0. The highest BCUT2D eigenvalue weighted by atomic mass is 16.2. The van der Waals surface area contributed by atoms with E-state index in [-0.39, 0.29) is 6.03 Å². The molecule has 0 fully saturated rings. The third kappa shape index (κ3) is 1.82. The predicted octanol–water partition coefficient (Wildman–Crippen LogP) is 2.30. The molecule has 0 aliphatic carbocycles. The number of benzene rings is 1. The highest BCUT2D eigenvalue weighted by molar-refractivity contribution is 5.93. The van der Waals surface area contributed by atoms with Gasteiger partial charge in [0.15, 0.2) is 0 Å². The summed E-state index contributed by atoms with van der Waals surface area (Å²) in [5, 5.41) is 0. The molecular formula is C12H13N3O. The minimum absolute atomic E-state index is 0.110. The maximum Gasteiger partial charge on any atom is 0.333 e. The number of hydrogen-bond donors (Lipinski definition) is 0. The number of carbonyl (C=O) groups is 1. The van der Waals surface area contributed by atoms with Crippen LogP contribution in [0, 0.1) is 6.92 Å². The first-order valence-corrected chi connectivity index (χ1v) is 5.03. The van der Waals surface area contributed by atoms with E-state index in [1.807, 2.05) is 30.3 Å². The summed E-state index contributed by atoms with van der Waals surface area (Å²) in [5.41, 5.74) is 0.862. The van der Waals surface area contributed by atoms with Crippen molar-refractivity contribution in [1.29, 1.82) is 0 Å². The molecule has 1 amide bonds. The van der Waals surface area contributed by atoms with Crippen molar-refractivity contribution in [3.05, 3.63) is 48.5 Å². The van der Waals surface area contributed by atoms with Crippen LogP contribution in [0.4, 0.5) is 10.5 Å². The average molecular weight is 215 g/mol. The van der Waals surface area contributed by atoms with Crippen LogP contribution in [0.3, 0.4) is 0 Å². The van der Waals surface area contributed by atoms with Gasteiger partial charge in [-0.15, -0.1) is 0 Å². The monoisotopic (exact) mass is 215 g/mol. The molecule has 0 radical (unpaired) electrons. The zero-order valence-electron chi connectivity index (χ0n) is 9.29. The van der Waals surface area contributed by atoms with E-state index in [9.17, 15) is 4.79 Å². The van der Waals surface area contributed by atoms with Crippen molar-refractivity contribution in [2.45, 2.75) is 6.92 Å². The second-order valence-corrected chi connectivity index (χ2v) is 3.52. The second kappa shape index (κ2) is 4.18. The molecule has 0 N–H and O–H groups in total. The molecule has 0 aliphatic heterocycles. The van der Waals surface area contributed by atoms with Gasteiger partial charge in [0.2, 0.25) is 0 Å². The minimum atomic E-state index is -0.110. The van der Waals surface area contributed by atoms with Gasteiger partial charge in [-0.1, -0.05) is 18.2 Å². The summed E-state index contributed by atoms with van der Waals surface area (Å²) < 4.78 is 1.52. The van der Waals surface area contributed by atoms with Crippen LogP contribution in [0.25, 0.3) is 0 Å². The Morgan fingerprint density at radius 1 is 1.31 bits per heavy atom. The number of hydrogen-bond acceptors (Lipinski definition) is 2. The number of nitrogens with zero attached hydrogens (tertiary/aromatic N) is 3. The third-order valence-electron chi connectivity index (χ3n) is 2.46. The molecule has 1 heterocycles. The van der Waals surface area contributed by atoms with Gasteiger partial charge >= 0.3 is 6.03 Å². The number of anilines is 1. The Bertz CT molecular complexity index is 490.